The number of para-hydroxylation sites is 2. The van der Waals surface area contributed by atoms with Gasteiger partial charge in [-0.05, 0) is 29.8 Å². The lowest BCUT2D eigenvalue weighted by Crippen LogP contribution is -2.36. The van der Waals surface area contributed by atoms with Crippen LogP contribution in [0, 0.1) is 0 Å². The van der Waals surface area contributed by atoms with Crippen LogP contribution >= 0.6 is 0 Å². The summed E-state index contributed by atoms with van der Waals surface area (Å²) in [5.74, 6) is 1.67. The summed E-state index contributed by atoms with van der Waals surface area (Å²) in [4.78, 5) is 17.0. The van der Waals surface area contributed by atoms with Crippen molar-refractivity contribution >= 4 is 17.1 Å². The van der Waals surface area contributed by atoms with Crippen LogP contribution in [0.15, 0.2) is 78.9 Å². The first-order chi connectivity index (χ1) is 14.7. The SMILES string of the molecule is COc1cccc(CNC(=O)NCCn2c(-c3ccccc3)nc3ccccc32)c1. The molecule has 0 aliphatic rings. The average Bonchev–Trinajstić information content (AvgIpc) is 3.17. The molecule has 1 heterocycles. The summed E-state index contributed by atoms with van der Waals surface area (Å²) in [5.41, 5.74) is 4.03. The fourth-order valence-electron chi connectivity index (χ4n) is 3.42. The van der Waals surface area contributed by atoms with E-state index < -0.39 is 0 Å². The fraction of sp³-hybridized carbons (Fsp3) is 0.167. The Morgan fingerprint density at radius 2 is 1.77 bits per heavy atom. The van der Waals surface area contributed by atoms with Gasteiger partial charge < -0.3 is 19.9 Å². The van der Waals surface area contributed by atoms with Crippen molar-refractivity contribution in [2.75, 3.05) is 13.7 Å². The molecule has 0 radical (unpaired) electrons. The summed E-state index contributed by atoms with van der Waals surface area (Å²) >= 11 is 0. The number of ether oxygens (including phenoxy) is 1. The molecule has 0 saturated carbocycles. The van der Waals surface area contributed by atoms with Crippen LogP contribution in [0.1, 0.15) is 5.56 Å². The molecule has 30 heavy (non-hydrogen) atoms. The first kappa shape index (κ1) is 19.5. The molecule has 0 atom stereocenters. The zero-order chi connectivity index (χ0) is 20.8. The first-order valence-electron chi connectivity index (χ1n) is 9.90. The highest BCUT2D eigenvalue weighted by Gasteiger charge is 2.12. The number of carbonyl (C=O) groups is 1. The number of amides is 2. The van der Waals surface area contributed by atoms with Crippen molar-refractivity contribution in [3.8, 4) is 17.1 Å². The number of rotatable bonds is 7. The van der Waals surface area contributed by atoms with Crippen LogP contribution in [-0.2, 0) is 13.1 Å². The topological polar surface area (TPSA) is 68.2 Å². The van der Waals surface area contributed by atoms with Gasteiger partial charge in [0.15, 0.2) is 0 Å². The third-order valence-corrected chi connectivity index (χ3v) is 4.89. The minimum Gasteiger partial charge on any atom is -0.497 e. The van der Waals surface area contributed by atoms with Crippen LogP contribution in [0.5, 0.6) is 5.75 Å². The molecule has 0 spiro atoms. The molecular weight excluding hydrogens is 376 g/mol. The number of nitrogens with one attached hydrogen (secondary N) is 2. The van der Waals surface area contributed by atoms with Gasteiger partial charge in [-0.2, -0.15) is 0 Å². The predicted octanol–water partition coefficient (Wildman–Crippen LogP) is 4.21. The molecule has 0 fully saturated rings. The molecule has 4 aromatic rings. The summed E-state index contributed by atoms with van der Waals surface area (Å²) in [6, 6.07) is 25.6. The smallest absolute Gasteiger partial charge is 0.315 e. The molecule has 6 heteroatoms. The molecule has 2 N–H and O–H groups in total. The number of methoxy groups -OCH3 is 1. The Kier molecular flexibility index (Phi) is 5.94. The highest BCUT2D eigenvalue weighted by Crippen LogP contribution is 2.24. The van der Waals surface area contributed by atoms with Gasteiger partial charge in [-0.25, -0.2) is 9.78 Å². The second-order valence-electron chi connectivity index (χ2n) is 6.90. The van der Waals surface area contributed by atoms with Gasteiger partial charge in [0.25, 0.3) is 0 Å². The highest BCUT2D eigenvalue weighted by molar-refractivity contribution is 5.80. The molecule has 2 amide bonds. The maximum absolute atomic E-state index is 12.2. The zero-order valence-electron chi connectivity index (χ0n) is 16.8. The van der Waals surface area contributed by atoms with Crippen LogP contribution < -0.4 is 15.4 Å². The van der Waals surface area contributed by atoms with E-state index in [1.165, 1.54) is 0 Å². The molecule has 3 aromatic carbocycles. The van der Waals surface area contributed by atoms with Crippen molar-refractivity contribution in [1.82, 2.24) is 20.2 Å². The van der Waals surface area contributed by atoms with Gasteiger partial charge in [0, 0.05) is 25.2 Å². The zero-order valence-corrected chi connectivity index (χ0v) is 16.8. The Balaban J connectivity index is 1.40. The number of benzene rings is 3. The Bertz CT molecular complexity index is 1140. The molecule has 1 aromatic heterocycles. The number of fused-ring (bicyclic) bond motifs is 1. The number of nitrogens with zero attached hydrogens (tertiary/aromatic N) is 2. The number of urea groups is 1. The van der Waals surface area contributed by atoms with E-state index >= 15 is 0 Å². The third kappa shape index (κ3) is 4.43. The van der Waals surface area contributed by atoms with Crippen molar-refractivity contribution in [3.05, 3.63) is 84.4 Å². The van der Waals surface area contributed by atoms with Crippen molar-refractivity contribution in [2.24, 2.45) is 0 Å². The van der Waals surface area contributed by atoms with E-state index in [9.17, 15) is 4.79 Å². The fourth-order valence-corrected chi connectivity index (χ4v) is 3.42. The number of carbonyl (C=O) groups excluding carboxylic acids is 1. The van der Waals surface area contributed by atoms with E-state index in [1.807, 2.05) is 72.8 Å². The highest BCUT2D eigenvalue weighted by atomic mass is 16.5. The molecule has 4 rings (SSSR count). The van der Waals surface area contributed by atoms with Crippen molar-refractivity contribution in [2.45, 2.75) is 13.1 Å². The second-order valence-corrected chi connectivity index (χ2v) is 6.90. The van der Waals surface area contributed by atoms with Gasteiger partial charge in [0.05, 0.1) is 18.1 Å². The maximum Gasteiger partial charge on any atom is 0.315 e. The van der Waals surface area contributed by atoms with Crippen molar-refractivity contribution < 1.29 is 9.53 Å². The summed E-state index contributed by atoms with van der Waals surface area (Å²) in [6.07, 6.45) is 0. The Morgan fingerprint density at radius 3 is 2.60 bits per heavy atom. The monoisotopic (exact) mass is 400 g/mol. The van der Waals surface area contributed by atoms with Crippen molar-refractivity contribution in [3.63, 3.8) is 0 Å². The van der Waals surface area contributed by atoms with Crippen LogP contribution in [0.3, 0.4) is 0 Å². The first-order valence-corrected chi connectivity index (χ1v) is 9.90. The Morgan fingerprint density at radius 1 is 0.967 bits per heavy atom. The number of hydrogen-bond donors (Lipinski definition) is 2. The molecule has 152 valence electrons. The minimum absolute atomic E-state index is 0.205. The predicted molar refractivity (Wildman–Crippen MR) is 118 cm³/mol. The molecule has 0 bridgehead atoms. The minimum atomic E-state index is -0.205. The maximum atomic E-state index is 12.2. The summed E-state index contributed by atoms with van der Waals surface area (Å²) in [7, 11) is 1.63. The number of imidazole rings is 1. The quantitative estimate of drug-likeness (QED) is 0.488. The molecule has 0 aliphatic heterocycles. The Labute approximate surface area is 175 Å². The van der Waals surface area contributed by atoms with Crippen LogP contribution in [0.4, 0.5) is 4.79 Å². The van der Waals surface area contributed by atoms with Gasteiger partial charge >= 0.3 is 6.03 Å². The number of aromatic nitrogens is 2. The Hall–Kier alpha value is -3.80. The van der Waals surface area contributed by atoms with E-state index in [4.69, 9.17) is 9.72 Å². The van der Waals surface area contributed by atoms with E-state index in [2.05, 4.69) is 21.3 Å². The van der Waals surface area contributed by atoms with Crippen LogP contribution in [-0.4, -0.2) is 29.2 Å². The van der Waals surface area contributed by atoms with E-state index in [0.29, 0.717) is 19.6 Å². The summed E-state index contributed by atoms with van der Waals surface area (Å²) in [6.45, 7) is 1.55. The molecule has 0 saturated heterocycles. The lowest BCUT2D eigenvalue weighted by atomic mass is 10.2. The van der Waals surface area contributed by atoms with Gasteiger partial charge in [-0.3, -0.25) is 0 Å². The van der Waals surface area contributed by atoms with Crippen molar-refractivity contribution in [1.29, 1.82) is 0 Å². The second kappa shape index (κ2) is 9.13. The molecular formula is C24H24N4O2. The number of hydrogen-bond acceptors (Lipinski definition) is 3. The van der Waals surface area contributed by atoms with Gasteiger partial charge in [0.1, 0.15) is 11.6 Å². The van der Waals surface area contributed by atoms with E-state index in [1.54, 1.807) is 7.11 Å². The van der Waals surface area contributed by atoms with Gasteiger partial charge in [-0.15, -0.1) is 0 Å². The standard InChI is InChI=1S/C24H24N4O2/c1-30-20-11-7-8-18(16-20)17-26-24(29)25-14-15-28-22-13-6-5-12-21(22)27-23(28)19-9-3-2-4-10-19/h2-13,16H,14-15,17H2,1H3,(H2,25,26,29). The van der Waals surface area contributed by atoms with Gasteiger partial charge in [-0.1, -0.05) is 54.6 Å². The largest absolute Gasteiger partial charge is 0.497 e. The third-order valence-electron chi connectivity index (χ3n) is 4.89. The lowest BCUT2D eigenvalue weighted by molar-refractivity contribution is 0.240. The normalized spacial score (nSPS) is 10.7. The average molecular weight is 400 g/mol. The van der Waals surface area contributed by atoms with Gasteiger partial charge in [0.2, 0.25) is 0 Å². The summed E-state index contributed by atoms with van der Waals surface area (Å²) in [5, 5.41) is 5.82. The van der Waals surface area contributed by atoms with Crippen LogP contribution in [0.25, 0.3) is 22.4 Å². The molecule has 6 nitrogen and oxygen atoms in total. The lowest BCUT2D eigenvalue weighted by Gasteiger charge is -2.12. The molecule has 0 unspecified atom stereocenters. The molecule has 0 aliphatic carbocycles. The van der Waals surface area contributed by atoms with Crippen LogP contribution in [0.2, 0.25) is 0 Å². The summed E-state index contributed by atoms with van der Waals surface area (Å²) < 4.78 is 7.36. The van der Waals surface area contributed by atoms with E-state index in [0.717, 1.165) is 33.7 Å². The van der Waals surface area contributed by atoms with E-state index in [-0.39, 0.29) is 6.03 Å².